The fourth-order valence-corrected chi connectivity index (χ4v) is 3.23. The topological polar surface area (TPSA) is 44.8 Å². The Labute approximate surface area is 122 Å². The molecule has 1 saturated carbocycles. The second-order valence-electron chi connectivity index (χ2n) is 6.33. The molecular formula is C15H29N3O2. The van der Waals surface area contributed by atoms with Crippen molar-refractivity contribution in [2.75, 3.05) is 40.4 Å². The van der Waals surface area contributed by atoms with Crippen molar-refractivity contribution in [2.45, 2.75) is 44.8 Å². The van der Waals surface area contributed by atoms with Gasteiger partial charge in [-0.05, 0) is 39.8 Å². The van der Waals surface area contributed by atoms with E-state index in [2.05, 4.69) is 10.2 Å². The minimum Gasteiger partial charge on any atom is -0.378 e. The van der Waals surface area contributed by atoms with Crippen LogP contribution in [0.4, 0.5) is 0 Å². The van der Waals surface area contributed by atoms with Gasteiger partial charge in [0.25, 0.3) is 0 Å². The van der Waals surface area contributed by atoms with Crippen molar-refractivity contribution in [1.82, 2.24) is 15.1 Å². The summed E-state index contributed by atoms with van der Waals surface area (Å²) >= 11 is 0. The van der Waals surface area contributed by atoms with Gasteiger partial charge in [0.2, 0.25) is 5.91 Å². The zero-order chi connectivity index (χ0) is 14.5. The number of nitrogens with one attached hydrogen (secondary N) is 1. The maximum atomic E-state index is 12.2. The highest BCUT2D eigenvalue weighted by Gasteiger charge is 2.40. The lowest BCUT2D eigenvalue weighted by Gasteiger charge is -2.29. The highest BCUT2D eigenvalue weighted by atomic mass is 16.5. The number of likely N-dealkylation sites (N-methyl/N-ethyl adjacent to an activating group) is 1. The molecule has 2 aliphatic rings. The summed E-state index contributed by atoms with van der Waals surface area (Å²) < 4.78 is 5.64. The Morgan fingerprint density at radius 3 is 2.65 bits per heavy atom. The van der Waals surface area contributed by atoms with E-state index in [1.807, 2.05) is 25.9 Å². The van der Waals surface area contributed by atoms with Crippen LogP contribution in [-0.2, 0) is 9.53 Å². The van der Waals surface area contributed by atoms with E-state index in [9.17, 15) is 4.79 Å². The van der Waals surface area contributed by atoms with Crippen LogP contribution in [0.15, 0.2) is 0 Å². The Bertz CT molecular complexity index is 316. The summed E-state index contributed by atoms with van der Waals surface area (Å²) in [5, 5.41) is 3.47. The van der Waals surface area contributed by atoms with Crippen molar-refractivity contribution in [2.24, 2.45) is 5.92 Å². The van der Waals surface area contributed by atoms with Crippen molar-refractivity contribution in [1.29, 1.82) is 0 Å². The number of nitrogens with zero attached hydrogens (tertiary/aromatic N) is 2. The monoisotopic (exact) mass is 283 g/mol. The van der Waals surface area contributed by atoms with Crippen LogP contribution in [0.3, 0.4) is 0 Å². The average molecular weight is 283 g/mol. The molecule has 2 fully saturated rings. The van der Waals surface area contributed by atoms with Crippen molar-refractivity contribution in [3.05, 3.63) is 0 Å². The van der Waals surface area contributed by atoms with Crippen molar-refractivity contribution in [3.8, 4) is 0 Å². The molecule has 1 heterocycles. The van der Waals surface area contributed by atoms with E-state index in [0.29, 0.717) is 19.1 Å². The van der Waals surface area contributed by atoms with E-state index >= 15 is 0 Å². The molecule has 5 heteroatoms. The summed E-state index contributed by atoms with van der Waals surface area (Å²) in [6.45, 7) is 4.97. The second-order valence-corrected chi connectivity index (χ2v) is 6.33. The number of carbonyl (C=O) groups excluding carboxylic acids is 1. The van der Waals surface area contributed by atoms with Gasteiger partial charge in [0, 0.05) is 13.1 Å². The third-order valence-corrected chi connectivity index (χ3v) is 4.42. The molecule has 1 aliphatic heterocycles. The summed E-state index contributed by atoms with van der Waals surface area (Å²) in [5.74, 6) is 0.865. The molecule has 116 valence electrons. The molecule has 20 heavy (non-hydrogen) atoms. The second kappa shape index (κ2) is 7.38. The number of carbonyl (C=O) groups is 1. The molecule has 1 saturated heterocycles. The van der Waals surface area contributed by atoms with E-state index in [4.69, 9.17) is 4.74 Å². The van der Waals surface area contributed by atoms with E-state index in [1.54, 1.807) is 0 Å². The number of ether oxygens (including phenoxy) is 1. The van der Waals surface area contributed by atoms with Crippen LogP contribution in [0.1, 0.15) is 32.6 Å². The van der Waals surface area contributed by atoms with Crippen LogP contribution in [0.25, 0.3) is 0 Å². The van der Waals surface area contributed by atoms with Crippen LogP contribution in [-0.4, -0.2) is 68.3 Å². The Morgan fingerprint density at radius 1 is 1.30 bits per heavy atom. The molecule has 0 spiro atoms. The van der Waals surface area contributed by atoms with Gasteiger partial charge in [-0.2, -0.15) is 0 Å². The molecule has 1 N–H and O–H groups in total. The first-order chi connectivity index (χ1) is 9.59. The first kappa shape index (κ1) is 15.7. The highest BCUT2D eigenvalue weighted by Crippen LogP contribution is 2.31. The van der Waals surface area contributed by atoms with Crippen LogP contribution in [0.5, 0.6) is 0 Å². The normalized spacial score (nSPS) is 28.0. The zero-order valence-electron chi connectivity index (χ0n) is 13.1. The van der Waals surface area contributed by atoms with Crippen molar-refractivity contribution in [3.63, 3.8) is 0 Å². The molecule has 0 radical (unpaired) electrons. The molecule has 2 unspecified atom stereocenters. The van der Waals surface area contributed by atoms with Gasteiger partial charge < -0.3 is 14.5 Å². The maximum absolute atomic E-state index is 12.2. The third-order valence-electron chi connectivity index (χ3n) is 4.42. The van der Waals surface area contributed by atoms with Gasteiger partial charge in [0.05, 0.1) is 25.4 Å². The van der Waals surface area contributed by atoms with Gasteiger partial charge in [0.15, 0.2) is 0 Å². The molecule has 0 bridgehead atoms. The Hall–Kier alpha value is -0.650. The minimum atomic E-state index is -0.0395. The molecule has 1 aliphatic carbocycles. The van der Waals surface area contributed by atoms with Crippen molar-refractivity contribution >= 4 is 5.91 Å². The molecule has 2 atom stereocenters. The zero-order valence-corrected chi connectivity index (χ0v) is 13.1. The predicted molar refractivity (Wildman–Crippen MR) is 79.4 cm³/mol. The fraction of sp³-hybridized carbons (Fsp3) is 0.933. The quantitative estimate of drug-likeness (QED) is 0.705. The fourth-order valence-electron chi connectivity index (χ4n) is 3.23. The van der Waals surface area contributed by atoms with Crippen LogP contribution in [0, 0.1) is 5.92 Å². The first-order valence-corrected chi connectivity index (χ1v) is 7.88. The minimum absolute atomic E-state index is 0.0395. The number of hydrogen-bond donors (Lipinski definition) is 1. The van der Waals surface area contributed by atoms with Gasteiger partial charge in [0.1, 0.15) is 0 Å². The molecule has 1 amide bonds. The van der Waals surface area contributed by atoms with Gasteiger partial charge in [-0.25, -0.2) is 0 Å². The summed E-state index contributed by atoms with van der Waals surface area (Å²) in [5.41, 5.74) is 0. The molecule has 5 nitrogen and oxygen atoms in total. The Kier molecular flexibility index (Phi) is 5.81. The van der Waals surface area contributed by atoms with Crippen LogP contribution < -0.4 is 5.32 Å². The van der Waals surface area contributed by atoms with Gasteiger partial charge in [-0.15, -0.1) is 0 Å². The first-order valence-electron chi connectivity index (χ1n) is 7.88. The lowest BCUT2D eigenvalue weighted by atomic mass is 10.0. The summed E-state index contributed by atoms with van der Waals surface area (Å²) in [6, 6.07) is -0.0395. The number of rotatable bonds is 7. The molecule has 0 aromatic heterocycles. The summed E-state index contributed by atoms with van der Waals surface area (Å²) in [6.07, 6.45) is 5.33. The lowest BCUT2D eigenvalue weighted by molar-refractivity contribution is -0.131. The van der Waals surface area contributed by atoms with E-state index < -0.39 is 0 Å². The summed E-state index contributed by atoms with van der Waals surface area (Å²) in [7, 11) is 4.07. The van der Waals surface area contributed by atoms with Crippen molar-refractivity contribution < 1.29 is 9.53 Å². The van der Waals surface area contributed by atoms with Crippen LogP contribution in [0.2, 0.25) is 0 Å². The SMILES string of the molecule is CC1NC(C2CCCC2)N(CCOCCN(C)C)C1=O. The summed E-state index contributed by atoms with van der Waals surface area (Å²) in [4.78, 5) is 16.4. The van der Waals surface area contributed by atoms with E-state index in [-0.39, 0.29) is 18.1 Å². The molecular weight excluding hydrogens is 254 g/mol. The predicted octanol–water partition coefficient (Wildman–Crippen LogP) is 0.901. The van der Waals surface area contributed by atoms with Gasteiger partial charge >= 0.3 is 0 Å². The van der Waals surface area contributed by atoms with Gasteiger partial charge in [-0.1, -0.05) is 12.8 Å². The largest absolute Gasteiger partial charge is 0.378 e. The number of hydrogen-bond acceptors (Lipinski definition) is 4. The highest BCUT2D eigenvalue weighted by molar-refractivity contribution is 5.83. The Morgan fingerprint density at radius 2 is 2.00 bits per heavy atom. The average Bonchev–Trinajstić information content (AvgIpc) is 3.01. The molecule has 0 aromatic rings. The molecule has 2 rings (SSSR count). The standard InChI is InChI=1S/C15H29N3O2/c1-12-15(19)18(9-11-20-10-8-17(2)3)14(16-12)13-6-4-5-7-13/h12-14,16H,4-11H2,1-3H3. The van der Waals surface area contributed by atoms with Crippen LogP contribution >= 0.6 is 0 Å². The Balaban J connectivity index is 1.78. The molecule has 0 aromatic carbocycles. The van der Waals surface area contributed by atoms with E-state index in [1.165, 1.54) is 25.7 Å². The van der Waals surface area contributed by atoms with Gasteiger partial charge in [-0.3, -0.25) is 10.1 Å². The third kappa shape index (κ3) is 3.93. The smallest absolute Gasteiger partial charge is 0.240 e. The lowest BCUT2D eigenvalue weighted by Crippen LogP contribution is -2.44. The number of amides is 1. The van der Waals surface area contributed by atoms with E-state index in [0.717, 1.165) is 13.2 Å². The maximum Gasteiger partial charge on any atom is 0.240 e.